The average molecular weight is 461 g/mol. The number of benzene rings is 2. The number of halogens is 1. The molecule has 0 spiro atoms. The van der Waals surface area contributed by atoms with Gasteiger partial charge in [0.2, 0.25) is 5.82 Å². The molecular formula is C25H21FN4O2S. The SMILES string of the molecule is CC1=C(c2nc(-c3ccccc3)no2)C(c2cccc(F)c2)NC(=O)N1CCc1cccs1. The summed E-state index contributed by atoms with van der Waals surface area (Å²) in [6.07, 6.45) is 0.722. The van der Waals surface area contributed by atoms with E-state index in [9.17, 15) is 9.18 Å². The van der Waals surface area contributed by atoms with Crippen LogP contribution in [0.4, 0.5) is 9.18 Å². The molecule has 0 saturated carbocycles. The molecule has 5 rings (SSSR count). The minimum Gasteiger partial charge on any atom is -0.334 e. The van der Waals surface area contributed by atoms with Crippen LogP contribution in [0.15, 0.2) is 82.3 Å². The van der Waals surface area contributed by atoms with E-state index in [4.69, 9.17) is 4.52 Å². The van der Waals surface area contributed by atoms with Crippen LogP contribution in [0.25, 0.3) is 17.0 Å². The van der Waals surface area contributed by atoms with Gasteiger partial charge >= 0.3 is 6.03 Å². The standard InChI is InChI=1S/C25H21FN4O2S/c1-16-21(24-28-23(29-32-24)17-7-3-2-4-8-17)22(18-9-5-10-19(26)15-18)27-25(31)30(16)13-12-20-11-6-14-33-20/h2-11,14-15,22H,12-13H2,1H3,(H,27,31). The lowest BCUT2D eigenvalue weighted by Gasteiger charge is -2.35. The highest BCUT2D eigenvalue weighted by Gasteiger charge is 2.35. The molecule has 0 aliphatic carbocycles. The quantitative estimate of drug-likeness (QED) is 0.402. The lowest BCUT2D eigenvalue weighted by molar-refractivity contribution is 0.205. The Morgan fingerprint density at radius 3 is 2.73 bits per heavy atom. The van der Waals surface area contributed by atoms with Crippen molar-refractivity contribution in [2.75, 3.05) is 6.54 Å². The van der Waals surface area contributed by atoms with Crippen molar-refractivity contribution < 1.29 is 13.7 Å². The number of aromatic nitrogens is 2. The third-order valence-corrected chi connectivity index (χ3v) is 6.56. The van der Waals surface area contributed by atoms with Crippen molar-refractivity contribution >= 4 is 22.9 Å². The highest BCUT2D eigenvalue weighted by Crippen LogP contribution is 2.37. The number of urea groups is 1. The Hall–Kier alpha value is -3.78. The molecule has 8 heteroatoms. The predicted molar refractivity (Wildman–Crippen MR) is 125 cm³/mol. The van der Waals surface area contributed by atoms with E-state index in [1.807, 2.05) is 54.8 Å². The Morgan fingerprint density at radius 2 is 1.97 bits per heavy atom. The minimum absolute atomic E-state index is 0.245. The fourth-order valence-corrected chi connectivity index (χ4v) is 4.68. The summed E-state index contributed by atoms with van der Waals surface area (Å²) < 4.78 is 19.7. The lowest BCUT2D eigenvalue weighted by atomic mass is 9.94. The molecule has 2 aromatic carbocycles. The number of rotatable bonds is 6. The molecule has 2 aromatic heterocycles. The van der Waals surface area contributed by atoms with E-state index in [0.717, 1.165) is 12.0 Å². The topological polar surface area (TPSA) is 71.3 Å². The van der Waals surface area contributed by atoms with E-state index in [0.29, 0.717) is 35.1 Å². The molecule has 166 valence electrons. The van der Waals surface area contributed by atoms with E-state index in [-0.39, 0.29) is 11.8 Å². The smallest absolute Gasteiger partial charge is 0.322 e. The van der Waals surface area contributed by atoms with Gasteiger partial charge in [0, 0.05) is 22.7 Å². The first-order chi connectivity index (χ1) is 16.1. The predicted octanol–water partition coefficient (Wildman–Crippen LogP) is 5.68. The van der Waals surface area contributed by atoms with E-state index in [1.165, 1.54) is 17.0 Å². The molecule has 6 nitrogen and oxygen atoms in total. The number of hydrogen-bond donors (Lipinski definition) is 1. The van der Waals surface area contributed by atoms with Crippen molar-refractivity contribution in [2.24, 2.45) is 0 Å². The number of allylic oxidation sites excluding steroid dienone is 1. The fraction of sp³-hybridized carbons (Fsp3) is 0.160. The molecule has 2 amide bonds. The Bertz CT molecular complexity index is 1300. The molecule has 1 aliphatic rings. The maximum Gasteiger partial charge on any atom is 0.322 e. The molecule has 1 atom stereocenters. The number of thiophene rings is 1. The molecule has 0 radical (unpaired) electrons. The summed E-state index contributed by atoms with van der Waals surface area (Å²) in [6, 6.07) is 18.9. The Labute approximate surface area is 194 Å². The monoisotopic (exact) mass is 460 g/mol. The second-order valence-electron chi connectivity index (χ2n) is 7.71. The third kappa shape index (κ3) is 4.29. The minimum atomic E-state index is -0.615. The fourth-order valence-electron chi connectivity index (χ4n) is 3.98. The highest BCUT2D eigenvalue weighted by atomic mass is 32.1. The van der Waals surface area contributed by atoms with Gasteiger partial charge in [-0.05, 0) is 42.5 Å². The summed E-state index contributed by atoms with van der Waals surface area (Å²) in [5.41, 5.74) is 2.78. The Balaban J connectivity index is 1.56. The van der Waals surface area contributed by atoms with Crippen LogP contribution in [0, 0.1) is 5.82 Å². The van der Waals surface area contributed by atoms with Crippen molar-refractivity contribution in [3.63, 3.8) is 0 Å². The number of amides is 2. The molecule has 1 unspecified atom stereocenters. The molecule has 0 bridgehead atoms. The van der Waals surface area contributed by atoms with Crippen LogP contribution in [-0.4, -0.2) is 27.6 Å². The second-order valence-corrected chi connectivity index (χ2v) is 8.74. The largest absolute Gasteiger partial charge is 0.334 e. The number of nitrogens with one attached hydrogen (secondary N) is 1. The van der Waals surface area contributed by atoms with Gasteiger partial charge in [-0.25, -0.2) is 9.18 Å². The van der Waals surface area contributed by atoms with Gasteiger partial charge in [0.05, 0.1) is 11.6 Å². The zero-order valence-electron chi connectivity index (χ0n) is 17.9. The van der Waals surface area contributed by atoms with Gasteiger partial charge in [0.25, 0.3) is 5.89 Å². The van der Waals surface area contributed by atoms with Crippen LogP contribution in [-0.2, 0) is 6.42 Å². The maximum atomic E-state index is 14.0. The molecule has 33 heavy (non-hydrogen) atoms. The van der Waals surface area contributed by atoms with Crippen LogP contribution in [0.2, 0.25) is 0 Å². The van der Waals surface area contributed by atoms with Gasteiger partial charge in [-0.1, -0.05) is 53.7 Å². The highest BCUT2D eigenvalue weighted by molar-refractivity contribution is 7.09. The molecule has 0 fully saturated rings. The molecular weight excluding hydrogens is 439 g/mol. The molecule has 1 aliphatic heterocycles. The summed E-state index contributed by atoms with van der Waals surface area (Å²) in [5.74, 6) is 0.363. The first kappa shape index (κ1) is 21.1. The Kier molecular flexibility index (Phi) is 5.75. The number of carbonyl (C=O) groups is 1. The van der Waals surface area contributed by atoms with Crippen molar-refractivity contribution in [3.05, 3.63) is 100.0 Å². The van der Waals surface area contributed by atoms with Gasteiger partial charge in [-0.15, -0.1) is 11.3 Å². The van der Waals surface area contributed by atoms with Crippen LogP contribution in [0.1, 0.15) is 29.3 Å². The summed E-state index contributed by atoms with van der Waals surface area (Å²) in [7, 11) is 0. The Morgan fingerprint density at radius 1 is 1.12 bits per heavy atom. The summed E-state index contributed by atoms with van der Waals surface area (Å²) in [5, 5.41) is 9.17. The first-order valence-electron chi connectivity index (χ1n) is 10.6. The van der Waals surface area contributed by atoms with Crippen molar-refractivity contribution in [1.82, 2.24) is 20.4 Å². The molecule has 0 saturated heterocycles. The maximum absolute atomic E-state index is 14.0. The van der Waals surface area contributed by atoms with E-state index in [1.54, 1.807) is 28.4 Å². The average Bonchev–Trinajstić information content (AvgIpc) is 3.52. The van der Waals surface area contributed by atoms with Gasteiger partial charge in [-0.2, -0.15) is 4.98 Å². The third-order valence-electron chi connectivity index (χ3n) is 5.63. The second kappa shape index (κ2) is 8.99. The summed E-state index contributed by atoms with van der Waals surface area (Å²) in [6.45, 7) is 2.36. The number of carbonyl (C=O) groups excluding carboxylic acids is 1. The van der Waals surface area contributed by atoms with Crippen molar-refractivity contribution in [3.8, 4) is 11.4 Å². The van der Waals surface area contributed by atoms with Crippen molar-refractivity contribution in [1.29, 1.82) is 0 Å². The number of nitrogens with zero attached hydrogens (tertiary/aromatic N) is 3. The van der Waals surface area contributed by atoms with Crippen LogP contribution in [0.3, 0.4) is 0 Å². The normalized spacial score (nSPS) is 16.2. The van der Waals surface area contributed by atoms with E-state index >= 15 is 0 Å². The zero-order chi connectivity index (χ0) is 22.8. The molecule has 3 heterocycles. The van der Waals surface area contributed by atoms with Crippen LogP contribution in [0.5, 0.6) is 0 Å². The van der Waals surface area contributed by atoms with Crippen LogP contribution >= 0.6 is 11.3 Å². The van der Waals surface area contributed by atoms with E-state index < -0.39 is 6.04 Å². The zero-order valence-corrected chi connectivity index (χ0v) is 18.7. The van der Waals surface area contributed by atoms with Gasteiger partial charge < -0.3 is 9.84 Å². The molecule has 4 aromatic rings. The lowest BCUT2D eigenvalue weighted by Crippen LogP contribution is -2.46. The van der Waals surface area contributed by atoms with Gasteiger partial charge in [-0.3, -0.25) is 4.90 Å². The van der Waals surface area contributed by atoms with Gasteiger partial charge in [0.1, 0.15) is 5.82 Å². The van der Waals surface area contributed by atoms with Crippen LogP contribution < -0.4 is 5.32 Å². The first-order valence-corrected chi connectivity index (χ1v) is 11.4. The van der Waals surface area contributed by atoms with Crippen molar-refractivity contribution in [2.45, 2.75) is 19.4 Å². The summed E-state index contributed by atoms with van der Waals surface area (Å²) >= 11 is 1.65. The van der Waals surface area contributed by atoms with E-state index in [2.05, 4.69) is 15.5 Å². The number of hydrogen-bond acceptors (Lipinski definition) is 5. The summed E-state index contributed by atoms with van der Waals surface area (Å²) in [4.78, 5) is 20.5. The molecule has 1 N–H and O–H groups in total. The van der Waals surface area contributed by atoms with Gasteiger partial charge in [0.15, 0.2) is 0 Å².